The van der Waals surface area contributed by atoms with Crippen molar-refractivity contribution < 1.29 is 14.6 Å². The highest BCUT2D eigenvalue weighted by Crippen LogP contribution is 2.46. The van der Waals surface area contributed by atoms with Crippen molar-refractivity contribution in [2.45, 2.75) is 12.8 Å². The maximum absolute atomic E-state index is 13.0. The number of nitrogens with zero attached hydrogens (tertiary/aromatic N) is 2. The molecule has 2 N–H and O–H groups in total. The van der Waals surface area contributed by atoms with Gasteiger partial charge in [-0.1, -0.05) is 30.3 Å². The number of aromatic carboxylic acids is 1. The molecule has 0 bridgehead atoms. The number of hydrogen-bond donors (Lipinski definition) is 2. The van der Waals surface area contributed by atoms with E-state index < -0.39 is 11.4 Å². The van der Waals surface area contributed by atoms with E-state index in [1.165, 1.54) is 6.20 Å². The first-order valence-corrected chi connectivity index (χ1v) is 11.0. The monoisotopic (exact) mass is 443 g/mol. The fraction of sp³-hybridized carbons (Fsp3) is 0.231. The van der Waals surface area contributed by atoms with E-state index in [0.717, 1.165) is 48.1 Å². The summed E-state index contributed by atoms with van der Waals surface area (Å²) in [7, 11) is 4.11. The highest BCUT2D eigenvalue weighted by atomic mass is 16.5. The Balaban J connectivity index is 1.69. The van der Waals surface area contributed by atoms with Crippen molar-refractivity contribution in [1.82, 2.24) is 9.47 Å². The smallest absolute Gasteiger partial charge is 0.341 e. The van der Waals surface area contributed by atoms with Gasteiger partial charge >= 0.3 is 5.97 Å². The maximum atomic E-state index is 13.0. The minimum atomic E-state index is -1.25. The van der Waals surface area contributed by atoms with Gasteiger partial charge in [-0.2, -0.15) is 0 Å². The van der Waals surface area contributed by atoms with Gasteiger partial charge in [0.2, 0.25) is 5.43 Å². The Kier molecular flexibility index (Phi) is 5.26. The van der Waals surface area contributed by atoms with Crippen molar-refractivity contribution in [2.75, 3.05) is 32.5 Å². The van der Waals surface area contributed by atoms with Gasteiger partial charge in [0.1, 0.15) is 11.1 Å². The number of nitrogens with one attached hydrogen (secondary N) is 1. The van der Waals surface area contributed by atoms with E-state index in [0.29, 0.717) is 22.4 Å². The lowest BCUT2D eigenvalue weighted by Gasteiger charge is -2.27. The molecule has 0 fully saturated rings. The fourth-order valence-electron chi connectivity index (χ4n) is 4.41. The molecule has 0 amide bonds. The van der Waals surface area contributed by atoms with Gasteiger partial charge in [0.05, 0.1) is 16.8 Å². The quantitative estimate of drug-likeness (QED) is 0.355. The van der Waals surface area contributed by atoms with E-state index >= 15 is 0 Å². The molecule has 0 spiro atoms. The van der Waals surface area contributed by atoms with Crippen molar-refractivity contribution in [3.63, 3.8) is 0 Å². The molecule has 2 heterocycles. The number of rotatable bonds is 7. The lowest BCUT2D eigenvalue weighted by Crippen LogP contribution is -2.21. The number of benzene rings is 3. The molecule has 0 unspecified atom stereocenters. The maximum Gasteiger partial charge on any atom is 0.341 e. The van der Waals surface area contributed by atoms with E-state index in [-0.39, 0.29) is 5.56 Å². The van der Waals surface area contributed by atoms with Gasteiger partial charge in [-0.3, -0.25) is 4.79 Å². The third-order valence-corrected chi connectivity index (χ3v) is 6.01. The zero-order chi connectivity index (χ0) is 23.1. The van der Waals surface area contributed by atoms with Crippen LogP contribution in [-0.4, -0.2) is 47.7 Å². The van der Waals surface area contributed by atoms with Crippen molar-refractivity contribution in [1.29, 1.82) is 0 Å². The number of carboxylic acids is 1. The molecule has 0 saturated carbocycles. The second-order valence-electron chi connectivity index (χ2n) is 8.56. The van der Waals surface area contributed by atoms with Gasteiger partial charge in [0.25, 0.3) is 0 Å². The van der Waals surface area contributed by atoms with Gasteiger partial charge in [-0.15, -0.1) is 0 Å². The van der Waals surface area contributed by atoms with E-state index in [1.54, 1.807) is 16.7 Å². The second kappa shape index (κ2) is 8.26. The molecular weight excluding hydrogens is 418 g/mol. The van der Waals surface area contributed by atoms with Crippen LogP contribution in [-0.2, 0) is 0 Å². The van der Waals surface area contributed by atoms with E-state index in [1.807, 2.05) is 36.4 Å². The van der Waals surface area contributed by atoms with Crippen molar-refractivity contribution >= 4 is 33.3 Å². The molecule has 1 aromatic heterocycles. The van der Waals surface area contributed by atoms with Crippen LogP contribution in [0.15, 0.2) is 59.5 Å². The summed E-state index contributed by atoms with van der Waals surface area (Å²) in [5.41, 5.74) is 1.31. The SMILES string of the molecule is CN(C)CCCCNc1ccc2c(=O)c(C(=O)O)cn3c2c1Oc1ccc2ccccc2c1-3. The molecule has 1 aliphatic rings. The molecular formula is C26H25N3O4. The number of hydrogen-bond acceptors (Lipinski definition) is 5. The predicted molar refractivity (Wildman–Crippen MR) is 130 cm³/mol. The van der Waals surface area contributed by atoms with Gasteiger partial charge < -0.3 is 24.6 Å². The molecule has 5 rings (SSSR count). The third-order valence-electron chi connectivity index (χ3n) is 6.01. The van der Waals surface area contributed by atoms with Gasteiger partial charge in [0.15, 0.2) is 11.5 Å². The standard InChI is InChI=1S/C26H25N3O4/c1-28(2)14-6-5-13-27-20-11-10-18-23-25(20)33-21-12-9-16-7-3-4-8-17(16)22(21)29(23)15-19(24(18)30)26(31)32/h3-4,7-12,15,27H,5-6,13-14H2,1-2H3,(H,31,32). The van der Waals surface area contributed by atoms with Crippen LogP contribution in [0.25, 0.3) is 27.4 Å². The molecule has 33 heavy (non-hydrogen) atoms. The zero-order valence-corrected chi connectivity index (χ0v) is 18.6. The Hall–Kier alpha value is -3.84. The van der Waals surface area contributed by atoms with Gasteiger partial charge in [-0.25, -0.2) is 4.79 Å². The Morgan fingerprint density at radius 2 is 1.88 bits per heavy atom. The highest BCUT2D eigenvalue weighted by molar-refractivity contribution is 6.02. The summed E-state index contributed by atoms with van der Waals surface area (Å²) in [6.45, 7) is 1.78. The Morgan fingerprint density at radius 3 is 2.67 bits per heavy atom. The summed E-state index contributed by atoms with van der Waals surface area (Å²) in [4.78, 5) is 27.0. The van der Waals surface area contributed by atoms with Crippen LogP contribution in [0, 0.1) is 0 Å². The summed E-state index contributed by atoms with van der Waals surface area (Å²) in [6, 6.07) is 15.2. The fourth-order valence-corrected chi connectivity index (χ4v) is 4.41. The number of pyridine rings is 1. The van der Waals surface area contributed by atoms with Crippen molar-refractivity contribution in [3.8, 4) is 17.2 Å². The number of carbonyl (C=O) groups is 1. The molecule has 1 aliphatic heterocycles. The minimum Gasteiger partial charge on any atom is -0.477 e. The summed E-state index contributed by atoms with van der Waals surface area (Å²) in [6.07, 6.45) is 3.47. The first-order chi connectivity index (χ1) is 16.0. The number of anilines is 1. The van der Waals surface area contributed by atoms with E-state index in [4.69, 9.17) is 4.74 Å². The van der Waals surface area contributed by atoms with Gasteiger partial charge in [0, 0.05) is 18.1 Å². The number of aromatic nitrogens is 1. The largest absolute Gasteiger partial charge is 0.477 e. The van der Waals surface area contributed by atoms with E-state index in [2.05, 4.69) is 24.3 Å². The number of ether oxygens (including phenoxy) is 1. The topological polar surface area (TPSA) is 83.8 Å². The Labute approximate surface area is 190 Å². The summed E-state index contributed by atoms with van der Waals surface area (Å²) >= 11 is 0. The Bertz CT molecular complexity index is 1460. The number of unbranched alkanes of at least 4 members (excludes halogenated alkanes) is 1. The van der Waals surface area contributed by atoms with Crippen LogP contribution in [0.3, 0.4) is 0 Å². The lowest BCUT2D eigenvalue weighted by atomic mass is 10.0. The molecule has 0 saturated heterocycles. The number of fused-ring (bicyclic) bond motifs is 4. The molecule has 0 radical (unpaired) electrons. The minimum absolute atomic E-state index is 0.265. The van der Waals surface area contributed by atoms with Crippen LogP contribution >= 0.6 is 0 Å². The van der Waals surface area contributed by atoms with Crippen LogP contribution in [0.2, 0.25) is 0 Å². The van der Waals surface area contributed by atoms with Crippen LogP contribution in [0.5, 0.6) is 11.5 Å². The molecule has 168 valence electrons. The molecule has 7 nitrogen and oxygen atoms in total. The molecule has 7 heteroatoms. The predicted octanol–water partition coefficient (Wildman–Crippen LogP) is 4.70. The van der Waals surface area contributed by atoms with E-state index in [9.17, 15) is 14.7 Å². The molecule has 0 atom stereocenters. The van der Waals surface area contributed by atoms with Crippen LogP contribution < -0.4 is 15.5 Å². The first-order valence-electron chi connectivity index (χ1n) is 11.0. The normalized spacial score (nSPS) is 12.1. The number of carboxylic acid groups (broad SMARTS) is 1. The average Bonchev–Trinajstić information content (AvgIpc) is 2.80. The van der Waals surface area contributed by atoms with Crippen LogP contribution in [0.1, 0.15) is 23.2 Å². The van der Waals surface area contributed by atoms with Crippen molar-refractivity contribution in [2.24, 2.45) is 0 Å². The summed E-state index contributed by atoms with van der Waals surface area (Å²) in [5.74, 6) is -0.0927. The lowest BCUT2D eigenvalue weighted by molar-refractivity contribution is 0.0695. The van der Waals surface area contributed by atoms with Gasteiger partial charge in [-0.05, 0) is 57.1 Å². The first kappa shape index (κ1) is 21.0. The summed E-state index contributed by atoms with van der Waals surface area (Å²) < 4.78 is 8.16. The third kappa shape index (κ3) is 3.60. The second-order valence-corrected chi connectivity index (χ2v) is 8.56. The Morgan fingerprint density at radius 1 is 1.06 bits per heavy atom. The average molecular weight is 444 g/mol. The zero-order valence-electron chi connectivity index (χ0n) is 18.6. The van der Waals surface area contributed by atoms with Crippen LogP contribution in [0.4, 0.5) is 5.69 Å². The van der Waals surface area contributed by atoms with Crippen molar-refractivity contribution in [3.05, 3.63) is 70.5 Å². The molecule has 4 aromatic rings. The highest BCUT2D eigenvalue weighted by Gasteiger charge is 2.27. The summed E-state index contributed by atoms with van der Waals surface area (Å²) in [5, 5.41) is 15.4. The molecule has 3 aromatic carbocycles. The molecule has 0 aliphatic carbocycles.